The third-order valence-corrected chi connectivity index (χ3v) is 7.39. The number of fused-ring (bicyclic) bond motifs is 1. The number of rotatable bonds is 5. The van der Waals surface area contributed by atoms with Crippen LogP contribution in [0.15, 0.2) is 18.2 Å². The molecule has 0 aliphatic carbocycles. The van der Waals surface area contributed by atoms with E-state index < -0.39 is 51.5 Å². The first-order valence-electron chi connectivity index (χ1n) is 8.73. The molecule has 0 saturated carbocycles. The molecule has 1 aromatic carbocycles. The number of hydrogen-bond donors (Lipinski definition) is 3. The van der Waals surface area contributed by atoms with Gasteiger partial charge < -0.3 is 25.8 Å². The molecule has 2 amide bonds. The number of amides is 2. The molecule has 2 heterocycles. The zero-order chi connectivity index (χ0) is 22.6. The van der Waals surface area contributed by atoms with Crippen molar-refractivity contribution in [3.8, 4) is 0 Å². The summed E-state index contributed by atoms with van der Waals surface area (Å²) < 4.78 is 3.87. The van der Waals surface area contributed by atoms with Crippen molar-refractivity contribution in [2.45, 2.75) is 41.6 Å². The molecule has 0 aromatic heterocycles. The molecule has 162 valence electrons. The Morgan fingerprint density at radius 1 is 1.33 bits per heavy atom. The van der Waals surface area contributed by atoms with Crippen molar-refractivity contribution in [1.29, 1.82) is 0 Å². The van der Waals surface area contributed by atoms with Crippen LogP contribution in [0.4, 0.5) is 0 Å². The molecule has 0 spiro atoms. The van der Waals surface area contributed by atoms with E-state index >= 15 is 0 Å². The summed E-state index contributed by atoms with van der Waals surface area (Å²) >= 11 is 13.1. The van der Waals surface area contributed by atoms with E-state index in [2.05, 4.69) is 5.32 Å². The number of nitrogens with two attached hydrogens (primary N) is 1. The van der Waals surface area contributed by atoms with E-state index in [0.29, 0.717) is 5.02 Å². The minimum Gasteiger partial charge on any atom is -0.480 e. The van der Waals surface area contributed by atoms with Crippen LogP contribution in [0.1, 0.15) is 25.5 Å². The predicted octanol–water partition coefficient (Wildman–Crippen LogP) is 1.17. The molecule has 2 saturated heterocycles. The Labute approximate surface area is 186 Å². The standard InChI is InChI=1S/C18H19Cl2N3O6S/c1-17(2)11(13(25)26)23-14(27)18(15(23)30-17,16(28)29-3)22-12(24)10(21)8-5-4-7(19)6-9(8)20/h4-6,10-11,15H,21H2,1-3H3,(H,22,24)(H,25,26)/t10?,11-,15+,18?/m0/s1. The molecule has 2 aliphatic rings. The first kappa shape index (κ1) is 22.7. The summed E-state index contributed by atoms with van der Waals surface area (Å²) in [6.45, 7) is 3.29. The number of carboxylic acids is 1. The molecular weight excluding hydrogens is 457 g/mol. The third kappa shape index (κ3) is 3.22. The summed E-state index contributed by atoms with van der Waals surface area (Å²) in [5.41, 5.74) is 4.16. The highest BCUT2D eigenvalue weighted by molar-refractivity contribution is 8.01. The lowest BCUT2D eigenvalue weighted by Gasteiger charge is -2.50. The van der Waals surface area contributed by atoms with Gasteiger partial charge in [0.1, 0.15) is 17.5 Å². The van der Waals surface area contributed by atoms with E-state index in [4.69, 9.17) is 33.7 Å². The minimum absolute atomic E-state index is 0.140. The second kappa shape index (κ2) is 7.60. The second-order valence-corrected chi connectivity index (χ2v) is 10.0. The number of benzene rings is 1. The lowest BCUT2D eigenvalue weighted by Crippen LogP contribution is -2.83. The fourth-order valence-electron chi connectivity index (χ4n) is 3.74. The van der Waals surface area contributed by atoms with Gasteiger partial charge in [-0.15, -0.1) is 11.8 Å². The van der Waals surface area contributed by atoms with Crippen LogP contribution >= 0.6 is 35.0 Å². The summed E-state index contributed by atoms with van der Waals surface area (Å²) in [6.07, 6.45) is 0. The van der Waals surface area contributed by atoms with Crippen molar-refractivity contribution in [1.82, 2.24) is 10.2 Å². The molecule has 2 fully saturated rings. The minimum atomic E-state index is -2.09. The van der Waals surface area contributed by atoms with Crippen LogP contribution in [-0.4, -0.2) is 62.6 Å². The van der Waals surface area contributed by atoms with Gasteiger partial charge in [-0.3, -0.25) is 9.59 Å². The number of aliphatic carboxylic acids is 1. The van der Waals surface area contributed by atoms with Gasteiger partial charge in [0, 0.05) is 14.8 Å². The average Bonchev–Trinajstić information content (AvgIpc) is 2.93. The average molecular weight is 476 g/mol. The number of ether oxygens (including phenoxy) is 1. The van der Waals surface area contributed by atoms with Crippen LogP contribution in [0.5, 0.6) is 0 Å². The quantitative estimate of drug-likeness (QED) is 0.327. The fraction of sp³-hybridized carbons (Fsp3) is 0.444. The Balaban J connectivity index is 1.95. The molecule has 0 radical (unpaired) electrons. The van der Waals surface area contributed by atoms with E-state index in [-0.39, 0.29) is 10.6 Å². The molecule has 4 N–H and O–H groups in total. The summed E-state index contributed by atoms with van der Waals surface area (Å²) in [7, 11) is 1.07. The Hall–Kier alpha value is -2.01. The Morgan fingerprint density at radius 3 is 2.50 bits per heavy atom. The number of halogens is 2. The molecule has 2 unspecified atom stereocenters. The normalized spacial score (nSPS) is 27.7. The van der Waals surface area contributed by atoms with Gasteiger partial charge in [-0.2, -0.15) is 0 Å². The number of carbonyl (C=O) groups is 4. The molecule has 2 aliphatic heterocycles. The summed E-state index contributed by atoms with van der Waals surface area (Å²) in [5, 5.41) is 11.5. The zero-order valence-corrected chi connectivity index (χ0v) is 18.5. The van der Waals surface area contributed by atoms with Gasteiger partial charge in [0.2, 0.25) is 11.4 Å². The Kier molecular flexibility index (Phi) is 5.74. The number of esters is 1. The van der Waals surface area contributed by atoms with Crippen molar-refractivity contribution in [2.75, 3.05) is 7.11 Å². The summed E-state index contributed by atoms with van der Waals surface area (Å²) in [4.78, 5) is 51.3. The summed E-state index contributed by atoms with van der Waals surface area (Å²) in [6, 6.07) is 1.88. The number of thioether (sulfide) groups is 1. The predicted molar refractivity (Wildman–Crippen MR) is 110 cm³/mol. The monoisotopic (exact) mass is 475 g/mol. The highest BCUT2D eigenvalue weighted by Crippen LogP contribution is 2.55. The fourth-order valence-corrected chi connectivity index (χ4v) is 5.95. The maximum Gasteiger partial charge on any atom is 0.344 e. The van der Waals surface area contributed by atoms with Gasteiger partial charge in [0.05, 0.1) is 7.11 Å². The van der Waals surface area contributed by atoms with Gasteiger partial charge in [-0.25, -0.2) is 9.59 Å². The lowest BCUT2D eigenvalue weighted by molar-refractivity contribution is -0.180. The van der Waals surface area contributed by atoms with Gasteiger partial charge in [0.15, 0.2) is 0 Å². The van der Waals surface area contributed by atoms with Crippen LogP contribution in [-0.2, 0) is 23.9 Å². The molecule has 12 heteroatoms. The van der Waals surface area contributed by atoms with Gasteiger partial charge >= 0.3 is 11.9 Å². The molecule has 1 aromatic rings. The third-order valence-electron chi connectivity index (χ3n) is 5.19. The van der Waals surface area contributed by atoms with Crippen LogP contribution in [0.3, 0.4) is 0 Å². The van der Waals surface area contributed by atoms with Gasteiger partial charge in [0.25, 0.3) is 5.91 Å². The van der Waals surface area contributed by atoms with E-state index in [1.54, 1.807) is 13.8 Å². The van der Waals surface area contributed by atoms with Crippen molar-refractivity contribution >= 4 is 58.7 Å². The van der Waals surface area contributed by atoms with Crippen LogP contribution < -0.4 is 11.1 Å². The number of β-lactam (4-membered cyclic amide) rings is 1. The summed E-state index contributed by atoms with van der Waals surface area (Å²) in [5.74, 6) is -3.94. The Bertz CT molecular complexity index is 958. The smallest absolute Gasteiger partial charge is 0.344 e. The molecule has 4 atom stereocenters. The topological polar surface area (TPSA) is 139 Å². The van der Waals surface area contributed by atoms with Crippen LogP contribution in [0.25, 0.3) is 0 Å². The molecule has 0 bridgehead atoms. The largest absolute Gasteiger partial charge is 0.480 e. The number of nitrogens with zero attached hydrogens (tertiary/aromatic N) is 1. The maximum atomic E-state index is 13.0. The van der Waals surface area contributed by atoms with Gasteiger partial charge in [-0.1, -0.05) is 29.3 Å². The molecular formula is C18H19Cl2N3O6S. The molecule has 3 rings (SSSR count). The second-order valence-electron chi connectivity index (χ2n) is 7.46. The lowest BCUT2D eigenvalue weighted by atomic mass is 9.84. The van der Waals surface area contributed by atoms with Crippen molar-refractivity contribution < 1.29 is 29.0 Å². The van der Waals surface area contributed by atoms with Crippen molar-refractivity contribution in [3.05, 3.63) is 33.8 Å². The van der Waals surface area contributed by atoms with E-state index in [0.717, 1.165) is 23.8 Å². The zero-order valence-electron chi connectivity index (χ0n) is 16.1. The molecule has 9 nitrogen and oxygen atoms in total. The number of carboxylic acid groups (broad SMARTS) is 1. The van der Waals surface area contributed by atoms with Crippen LogP contribution in [0.2, 0.25) is 10.0 Å². The van der Waals surface area contributed by atoms with Crippen molar-refractivity contribution in [3.63, 3.8) is 0 Å². The van der Waals surface area contributed by atoms with Gasteiger partial charge in [-0.05, 0) is 31.5 Å². The Morgan fingerprint density at radius 2 is 1.97 bits per heavy atom. The van der Waals surface area contributed by atoms with Crippen molar-refractivity contribution in [2.24, 2.45) is 5.73 Å². The molecule has 30 heavy (non-hydrogen) atoms. The van der Waals surface area contributed by atoms with E-state index in [1.807, 2.05) is 0 Å². The number of hydrogen-bond acceptors (Lipinski definition) is 7. The highest BCUT2D eigenvalue weighted by atomic mass is 35.5. The highest BCUT2D eigenvalue weighted by Gasteiger charge is 2.76. The maximum absolute atomic E-state index is 13.0. The van der Waals surface area contributed by atoms with E-state index in [9.17, 15) is 24.3 Å². The van der Waals surface area contributed by atoms with Crippen LogP contribution in [0, 0.1) is 0 Å². The van der Waals surface area contributed by atoms with E-state index in [1.165, 1.54) is 18.2 Å². The number of carbonyl (C=O) groups excluding carboxylic acids is 3. The number of nitrogens with one attached hydrogen (secondary N) is 1. The first-order valence-corrected chi connectivity index (χ1v) is 10.4. The SMILES string of the molecule is COC(=O)C1(NC(=O)C(N)c2ccc(Cl)cc2Cl)C(=O)N2[C@@H](C(=O)O)C(C)(C)S[C@@H]21. The number of methoxy groups -OCH3 is 1. The first-order chi connectivity index (χ1) is 13.9.